The molecule has 0 aromatic carbocycles. The van der Waals surface area contributed by atoms with Gasteiger partial charge in [-0.25, -0.2) is 0 Å². The Hall–Kier alpha value is -0.790. The topological polar surface area (TPSA) is 37.3 Å². The minimum absolute atomic E-state index is 0.589. The average molecular weight is 196 g/mol. The molecule has 0 saturated heterocycles. The van der Waals surface area contributed by atoms with Gasteiger partial charge in [-0.05, 0) is 25.7 Å². The molecule has 1 rings (SSSR count). The Bertz CT molecular complexity index is 232. The second-order valence-electron chi connectivity index (χ2n) is 4.30. The first-order chi connectivity index (χ1) is 6.63. The van der Waals surface area contributed by atoms with Crippen molar-refractivity contribution in [3.05, 3.63) is 12.2 Å². The van der Waals surface area contributed by atoms with Crippen molar-refractivity contribution in [3.8, 4) is 0 Å². The van der Waals surface area contributed by atoms with E-state index in [1.54, 1.807) is 0 Å². The van der Waals surface area contributed by atoms with Crippen LogP contribution in [-0.4, -0.2) is 11.1 Å². The molecule has 0 heterocycles. The summed E-state index contributed by atoms with van der Waals surface area (Å²) in [5.74, 6) is -0.657. The molecule has 0 amide bonds. The molecule has 0 aliphatic heterocycles. The number of hydrogen-bond acceptors (Lipinski definition) is 1. The maximum atomic E-state index is 11.3. The highest BCUT2D eigenvalue weighted by atomic mass is 16.4. The van der Waals surface area contributed by atoms with Gasteiger partial charge in [0.1, 0.15) is 0 Å². The normalized spacial score (nSPS) is 27.6. The van der Waals surface area contributed by atoms with Crippen LogP contribution in [0.4, 0.5) is 0 Å². The number of carbonyl (C=O) groups is 1. The second kappa shape index (κ2) is 4.63. The summed E-state index contributed by atoms with van der Waals surface area (Å²) in [5, 5.41) is 9.32. The van der Waals surface area contributed by atoms with E-state index >= 15 is 0 Å². The molecule has 1 N–H and O–H groups in total. The molecule has 2 heteroatoms. The molecule has 14 heavy (non-hydrogen) atoms. The Morgan fingerprint density at radius 3 is 2.79 bits per heavy atom. The van der Waals surface area contributed by atoms with Crippen LogP contribution in [0.5, 0.6) is 0 Å². The summed E-state index contributed by atoms with van der Waals surface area (Å²) in [6.07, 6.45) is 6.66. The molecule has 0 aromatic rings. The van der Waals surface area contributed by atoms with Crippen LogP contribution in [0.2, 0.25) is 0 Å². The van der Waals surface area contributed by atoms with Crippen molar-refractivity contribution in [1.29, 1.82) is 0 Å². The van der Waals surface area contributed by atoms with Crippen LogP contribution in [0.25, 0.3) is 0 Å². The molecule has 1 atom stereocenters. The summed E-state index contributed by atoms with van der Waals surface area (Å²) in [6, 6.07) is 0. The Balaban J connectivity index is 2.78. The summed E-state index contributed by atoms with van der Waals surface area (Å²) < 4.78 is 0. The maximum Gasteiger partial charge on any atom is 0.313 e. The fourth-order valence-corrected chi connectivity index (χ4v) is 2.33. The lowest BCUT2D eigenvalue weighted by atomic mass is 9.68. The van der Waals surface area contributed by atoms with Gasteiger partial charge in [-0.15, -0.1) is 0 Å². The van der Waals surface area contributed by atoms with E-state index in [0.717, 1.165) is 50.5 Å². The lowest BCUT2D eigenvalue weighted by Gasteiger charge is -2.35. The second-order valence-corrected chi connectivity index (χ2v) is 4.30. The van der Waals surface area contributed by atoms with Crippen molar-refractivity contribution in [1.82, 2.24) is 0 Å². The monoisotopic (exact) mass is 196 g/mol. The van der Waals surface area contributed by atoms with E-state index in [1.165, 1.54) is 0 Å². The minimum atomic E-state index is -0.657. The highest BCUT2D eigenvalue weighted by Gasteiger charge is 2.41. The van der Waals surface area contributed by atoms with Crippen molar-refractivity contribution in [2.45, 2.75) is 51.9 Å². The lowest BCUT2D eigenvalue weighted by molar-refractivity contribution is -0.148. The summed E-state index contributed by atoms with van der Waals surface area (Å²) >= 11 is 0. The molecule has 1 saturated carbocycles. The predicted octanol–water partition coefficient (Wildman–Crippen LogP) is 3.38. The third-order valence-electron chi connectivity index (χ3n) is 3.38. The van der Waals surface area contributed by atoms with E-state index in [2.05, 4.69) is 13.5 Å². The number of carboxylic acid groups (broad SMARTS) is 1. The van der Waals surface area contributed by atoms with Gasteiger partial charge in [-0.3, -0.25) is 4.79 Å². The van der Waals surface area contributed by atoms with Crippen molar-refractivity contribution in [2.75, 3.05) is 0 Å². The van der Waals surface area contributed by atoms with E-state index in [1.807, 2.05) is 0 Å². The fourth-order valence-electron chi connectivity index (χ4n) is 2.33. The van der Waals surface area contributed by atoms with Crippen molar-refractivity contribution < 1.29 is 9.90 Å². The molecule has 1 unspecified atom stereocenters. The van der Waals surface area contributed by atoms with E-state index in [-0.39, 0.29) is 0 Å². The quantitative estimate of drug-likeness (QED) is 0.700. The first kappa shape index (κ1) is 11.3. The van der Waals surface area contributed by atoms with Crippen LogP contribution in [-0.2, 0) is 4.79 Å². The standard InChI is InChI=1S/C12H20O2/c1-3-4-8-12(11(13)14)9-6-5-7-10(12)2/h2-9H2,1H3,(H,13,14). The zero-order valence-electron chi connectivity index (χ0n) is 9.01. The Morgan fingerprint density at radius 1 is 1.57 bits per heavy atom. The van der Waals surface area contributed by atoms with E-state index < -0.39 is 11.4 Å². The van der Waals surface area contributed by atoms with Gasteiger partial charge in [0.15, 0.2) is 0 Å². The molecule has 0 spiro atoms. The largest absolute Gasteiger partial charge is 0.481 e. The van der Waals surface area contributed by atoms with Crippen molar-refractivity contribution in [3.63, 3.8) is 0 Å². The number of rotatable bonds is 4. The smallest absolute Gasteiger partial charge is 0.313 e. The Morgan fingerprint density at radius 2 is 2.29 bits per heavy atom. The molecular weight excluding hydrogens is 176 g/mol. The minimum Gasteiger partial charge on any atom is -0.481 e. The maximum absolute atomic E-state index is 11.3. The van der Waals surface area contributed by atoms with E-state index in [0.29, 0.717) is 0 Å². The zero-order valence-corrected chi connectivity index (χ0v) is 9.01. The van der Waals surface area contributed by atoms with Gasteiger partial charge >= 0.3 is 5.97 Å². The highest BCUT2D eigenvalue weighted by molar-refractivity contribution is 5.78. The molecule has 2 nitrogen and oxygen atoms in total. The first-order valence-electron chi connectivity index (χ1n) is 5.55. The summed E-state index contributed by atoms with van der Waals surface area (Å²) in [6.45, 7) is 6.06. The van der Waals surface area contributed by atoms with Crippen LogP contribution in [0.15, 0.2) is 12.2 Å². The predicted molar refractivity (Wildman–Crippen MR) is 57.2 cm³/mol. The highest BCUT2D eigenvalue weighted by Crippen LogP contribution is 2.44. The van der Waals surface area contributed by atoms with Crippen LogP contribution < -0.4 is 0 Å². The van der Waals surface area contributed by atoms with Gasteiger partial charge in [-0.1, -0.05) is 38.3 Å². The third kappa shape index (κ3) is 1.99. The Labute approximate surface area is 86.0 Å². The average Bonchev–Trinajstić information content (AvgIpc) is 2.16. The Kier molecular flexibility index (Phi) is 3.73. The number of carboxylic acids is 1. The molecule has 0 radical (unpaired) electrons. The van der Waals surface area contributed by atoms with Crippen LogP contribution in [0, 0.1) is 5.41 Å². The molecule has 80 valence electrons. The summed E-state index contributed by atoms with van der Waals surface area (Å²) in [7, 11) is 0. The fraction of sp³-hybridized carbons (Fsp3) is 0.750. The first-order valence-corrected chi connectivity index (χ1v) is 5.55. The van der Waals surface area contributed by atoms with Gasteiger partial charge in [0.05, 0.1) is 5.41 Å². The van der Waals surface area contributed by atoms with Gasteiger partial charge in [0, 0.05) is 0 Å². The zero-order chi connectivity index (χ0) is 10.6. The van der Waals surface area contributed by atoms with Crippen molar-refractivity contribution in [2.24, 2.45) is 5.41 Å². The van der Waals surface area contributed by atoms with Gasteiger partial charge in [-0.2, -0.15) is 0 Å². The molecule has 1 fully saturated rings. The van der Waals surface area contributed by atoms with E-state index in [9.17, 15) is 9.90 Å². The van der Waals surface area contributed by atoms with E-state index in [4.69, 9.17) is 0 Å². The van der Waals surface area contributed by atoms with Crippen LogP contribution in [0.3, 0.4) is 0 Å². The van der Waals surface area contributed by atoms with Gasteiger partial charge in [0.2, 0.25) is 0 Å². The molecule has 0 bridgehead atoms. The molecule has 1 aliphatic carbocycles. The van der Waals surface area contributed by atoms with Crippen LogP contribution >= 0.6 is 0 Å². The number of hydrogen-bond donors (Lipinski definition) is 1. The molecule has 1 aliphatic rings. The van der Waals surface area contributed by atoms with Crippen LogP contribution in [0.1, 0.15) is 51.9 Å². The SMILES string of the molecule is C=C1CCCCC1(CCCC)C(=O)O. The molecule has 0 aromatic heterocycles. The van der Waals surface area contributed by atoms with Gasteiger partial charge < -0.3 is 5.11 Å². The van der Waals surface area contributed by atoms with Gasteiger partial charge in [0.25, 0.3) is 0 Å². The molecular formula is C12H20O2. The summed E-state index contributed by atoms with van der Waals surface area (Å²) in [5.41, 5.74) is 0.360. The third-order valence-corrected chi connectivity index (χ3v) is 3.38. The van der Waals surface area contributed by atoms with Crippen molar-refractivity contribution >= 4 is 5.97 Å². The summed E-state index contributed by atoms with van der Waals surface area (Å²) in [4.78, 5) is 11.3. The number of unbranched alkanes of at least 4 members (excludes halogenated alkanes) is 1. The lowest BCUT2D eigenvalue weighted by Crippen LogP contribution is -2.35. The number of aliphatic carboxylic acids is 1.